The van der Waals surface area contributed by atoms with Crippen LogP contribution in [0, 0.1) is 5.82 Å². The number of hydrogen-bond acceptors (Lipinski definition) is 1. The molecular formula is C10H8F7N. The number of nitrogens with two attached hydrogens (primary N) is 1. The smallest absolute Gasteiger partial charge is 0.324 e. The lowest BCUT2D eigenvalue weighted by Crippen LogP contribution is -2.20. The third kappa shape index (κ3) is 3.86. The summed E-state index contributed by atoms with van der Waals surface area (Å²) >= 11 is 0. The molecule has 0 saturated carbocycles. The highest BCUT2D eigenvalue weighted by Crippen LogP contribution is 2.34. The monoisotopic (exact) mass is 275 g/mol. The summed E-state index contributed by atoms with van der Waals surface area (Å²) in [6.07, 6.45) is -10.9. The Balaban J connectivity index is 2.98. The van der Waals surface area contributed by atoms with Crippen LogP contribution in [-0.4, -0.2) is 6.18 Å². The zero-order valence-corrected chi connectivity index (χ0v) is 8.74. The number of halogens is 7. The van der Waals surface area contributed by atoms with Gasteiger partial charge in [-0.05, 0) is 17.7 Å². The maximum Gasteiger partial charge on any atom is 0.419 e. The molecular weight excluding hydrogens is 267 g/mol. The lowest BCUT2D eigenvalue weighted by Gasteiger charge is -2.16. The number of hydrogen-bond donors (Lipinski definition) is 1. The van der Waals surface area contributed by atoms with E-state index in [-0.39, 0.29) is 5.56 Å². The molecule has 1 atom stereocenters. The van der Waals surface area contributed by atoms with E-state index in [0.29, 0.717) is 12.1 Å². The van der Waals surface area contributed by atoms with Crippen molar-refractivity contribution in [1.82, 2.24) is 0 Å². The molecule has 0 aromatic heterocycles. The van der Waals surface area contributed by atoms with Crippen LogP contribution in [-0.2, 0) is 6.18 Å². The van der Waals surface area contributed by atoms with Crippen LogP contribution in [0.1, 0.15) is 23.6 Å². The van der Waals surface area contributed by atoms with Gasteiger partial charge in [-0.1, -0.05) is 6.07 Å². The molecule has 102 valence electrons. The first kappa shape index (κ1) is 14.7. The predicted octanol–water partition coefficient (Wildman–Crippen LogP) is 3.80. The first-order chi connectivity index (χ1) is 8.00. The van der Waals surface area contributed by atoms with Gasteiger partial charge in [-0.25, -0.2) is 4.39 Å². The van der Waals surface area contributed by atoms with E-state index in [1.54, 1.807) is 0 Å². The summed E-state index contributed by atoms with van der Waals surface area (Å²) in [7, 11) is 0. The van der Waals surface area contributed by atoms with E-state index >= 15 is 0 Å². The molecule has 1 nitrogen and oxygen atoms in total. The summed E-state index contributed by atoms with van der Waals surface area (Å²) in [6, 6.07) is -0.107. The minimum absolute atomic E-state index is 0.335. The minimum atomic E-state index is -4.89. The van der Waals surface area contributed by atoms with E-state index in [1.807, 2.05) is 0 Å². The lowest BCUT2D eigenvalue weighted by molar-refractivity contribution is -0.141. The summed E-state index contributed by atoms with van der Waals surface area (Å²) < 4.78 is 85.7. The van der Waals surface area contributed by atoms with Crippen LogP contribution in [0.3, 0.4) is 0 Å². The highest BCUT2D eigenvalue weighted by atomic mass is 19.4. The van der Waals surface area contributed by atoms with Gasteiger partial charge < -0.3 is 5.73 Å². The van der Waals surface area contributed by atoms with E-state index in [4.69, 9.17) is 5.73 Å². The summed E-state index contributed by atoms with van der Waals surface area (Å²) in [5.41, 5.74) is 3.27. The first-order valence-electron chi connectivity index (χ1n) is 4.69. The maximum absolute atomic E-state index is 13.1. The summed E-state index contributed by atoms with van der Waals surface area (Å²) in [5, 5.41) is 0. The van der Waals surface area contributed by atoms with Crippen LogP contribution < -0.4 is 5.73 Å². The second kappa shape index (κ2) is 4.75. The van der Waals surface area contributed by atoms with Gasteiger partial charge in [0.1, 0.15) is 5.82 Å². The van der Waals surface area contributed by atoms with E-state index in [1.165, 1.54) is 0 Å². The van der Waals surface area contributed by atoms with Crippen LogP contribution in [0.15, 0.2) is 18.2 Å². The van der Waals surface area contributed by atoms with Gasteiger partial charge in [0.2, 0.25) is 0 Å². The van der Waals surface area contributed by atoms with Crippen molar-refractivity contribution in [3.63, 3.8) is 0 Å². The molecule has 0 aliphatic carbocycles. The third-order valence-electron chi connectivity index (χ3n) is 2.18. The molecule has 0 saturated heterocycles. The van der Waals surface area contributed by atoms with E-state index in [0.717, 1.165) is 6.07 Å². The molecule has 1 aromatic carbocycles. The number of benzene rings is 1. The number of rotatable bonds is 2. The highest BCUT2D eigenvalue weighted by Gasteiger charge is 2.35. The Morgan fingerprint density at radius 3 is 2.00 bits per heavy atom. The van der Waals surface area contributed by atoms with E-state index < -0.39 is 36.2 Å². The summed E-state index contributed by atoms with van der Waals surface area (Å²) in [4.78, 5) is 0. The topological polar surface area (TPSA) is 26.0 Å². The Labute approximate surface area is 97.4 Å². The first-order valence-corrected chi connectivity index (χ1v) is 4.69. The van der Waals surface area contributed by atoms with Crippen molar-refractivity contribution in [3.05, 3.63) is 35.1 Å². The van der Waals surface area contributed by atoms with Gasteiger partial charge in [0, 0.05) is 6.04 Å². The van der Waals surface area contributed by atoms with Crippen LogP contribution in [0.25, 0.3) is 0 Å². The Hall–Kier alpha value is -1.31. The minimum Gasteiger partial charge on any atom is -0.324 e. The zero-order valence-electron chi connectivity index (χ0n) is 8.74. The SMILES string of the molecule is N[C@H](CC(F)(F)F)c1ccc(C(F)(F)F)c(F)c1. The second-order valence-electron chi connectivity index (χ2n) is 3.66. The van der Waals surface area contributed by atoms with Crippen molar-refractivity contribution in [2.24, 2.45) is 5.73 Å². The van der Waals surface area contributed by atoms with Gasteiger partial charge in [0.25, 0.3) is 0 Å². The molecule has 0 radical (unpaired) electrons. The lowest BCUT2D eigenvalue weighted by atomic mass is 10.0. The fraction of sp³-hybridized carbons (Fsp3) is 0.400. The molecule has 18 heavy (non-hydrogen) atoms. The van der Waals surface area contributed by atoms with Crippen molar-refractivity contribution >= 4 is 0 Å². The van der Waals surface area contributed by atoms with Gasteiger partial charge in [-0.2, -0.15) is 26.3 Å². The molecule has 8 heteroatoms. The zero-order chi connectivity index (χ0) is 14.1. The van der Waals surface area contributed by atoms with Gasteiger partial charge >= 0.3 is 12.4 Å². The molecule has 0 spiro atoms. The van der Waals surface area contributed by atoms with Crippen LogP contribution >= 0.6 is 0 Å². The van der Waals surface area contributed by atoms with Crippen LogP contribution in [0.5, 0.6) is 0 Å². The molecule has 0 fully saturated rings. The molecule has 0 amide bonds. The van der Waals surface area contributed by atoms with Gasteiger partial charge in [-0.3, -0.25) is 0 Å². The molecule has 0 heterocycles. The Morgan fingerprint density at radius 1 is 1.06 bits per heavy atom. The van der Waals surface area contributed by atoms with Crippen molar-refractivity contribution in [1.29, 1.82) is 0 Å². The van der Waals surface area contributed by atoms with Gasteiger partial charge in [-0.15, -0.1) is 0 Å². The van der Waals surface area contributed by atoms with Gasteiger partial charge in [0.15, 0.2) is 0 Å². The highest BCUT2D eigenvalue weighted by molar-refractivity contribution is 5.28. The second-order valence-corrected chi connectivity index (χ2v) is 3.66. The Morgan fingerprint density at radius 2 is 1.61 bits per heavy atom. The molecule has 0 bridgehead atoms. The average Bonchev–Trinajstić information content (AvgIpc) is 2.12. The third-order valence-corrected chi connectivity index (χ3v) is 2.18. The maximum atomic E-state index is 13.1. The fourth-order valence-electron chi connectivity index (χ4n) is 1.36. The largest absolute Gasteiger partial charge is 0.419 e. The molecule has 1 rings (SSSR count). The number of alkyl halides is 6. The Bertz CT molecular complexity index is 421. The van der Waals surface area contributed by atoms with Crippen molar-refractivity contribution in [3.8, 4) is 0 Å². The van der Waals surface area contributed by atoms with Crippen LogP contribution in [0.2, 0.25) is 0 Å². The summed E-state index contributed by atoms with van der Waals surface area (Å²) in [6.45, 7) is 0. The van der Waals surface area contributed by atoms with E-state index in [2.05, 4.69) is 0 Å². The van der Waals surface area contributed by atoms with Crippen molar-refractivity contribution in [2.45, 2.75) is 24.8 Å². The molecule has 0 aliphatic heterocycles. The molecule has 0 aliphatic rings. The molecule has 0 unspecified atom stereocenters. The standard InChI is InChI=1S/C10H8F7N/c11-7-3-5(8(18)4-9(12,13)14)1-2-6(7)10(15,16)17/h1-3,8H,4,18H2/t8-/m1/s1. The van der Waals surface area contributed by atoms with Crippen molar-refractivity contribution in [2.75, 3.05) is 0 Å². The van der Waals surface area contributed by atoms with Crippen molar-refractivity contribution < 1.29 is 30.7 Å². The van der Waals surface area contributed by atoms with E-state index in [9.17, 15) is 30.7 Å². The molecule has 1 aromatic rings. The van der Waals surface area contributed by atoms with Gasteiger partial charge in [0.05, 0.1) is 12.0 Å². The average molecular weight is 275 g/mol. The quantitative estimate of drug-likeness (QED) is 0.816. The summed E-state index contributed by atoms with van der Waals surface area (Å²) in [5.74, 6) is -1.64. The normalized spacial score (nSPS) is 14.7. The fourth-order valence-corrected chi connectivity index (χ4v) is 1.36. The molecule has 2 N–H and O–H groups in total. The Kier molecular flexibility index (Phi) is 3.89. The predicted molar refractivity (Wildman–Crippen MR) is 49.0 cm³/mol. The van der Waals surface area contributed by atoms with Crippen LogP contribution in [0.4, 0.5) is 30.7 Å².